The van der Waals surface area contributed by atoms with Gasteiger partial charge in [0.05, 0.1) is 17.1 Å². The van der Waals surface area contributed by atoms with Crippen LogP contribution in [0.5, 0.6) is 0 Å². The van der Waals surface area contributed by atoms with Crippen molar-refractivity contribution in [3.63, 3.8) is 0 Å². The highest BCUT2D eigenvalue weighted by atomic mass is 16.1. The molecule has 0 radical (unpaired) electrons. The van der Waals surface area contributed by atoms with Gasteiger partial charge >= 0.3 is 0 Å². The number of nitrogens with zero attached hydrogens (tertiary/aromatic N) is 4. The van der Waals surface area contributed by atoms with E-state index in [0.717, 1.165) is 41.1 Å². The van der Waals surface area contributed by atoms with Gasteiger partial charge < -0.3 is 4.57 Å². The van der Waals surface area contributed by atoms with E-state index in [-0.39, 0.29) is 11.5 Å². The second kappa shape index (κ2) is 9.05. The van der Waals surface area contributed by atoms with Gasteiger partial charge in [-0.3, -0.25) is 4.79 Å². The van der Waals surface area contributed by atoms with E-state index in [0.29, 0.717) is 5.39 Å². The lowest BCUT2D eigenvalue weighted by molar-refractivity contribution is 0.416. The Morgan fingerprint density at radius 2 is 1.74 bits per heavy atom. The highest BCUT2D eigenvalue weighted by Crippen LogP contribution is 2.32. The van der Waals surface area contributed by atoms with E-state index in [1.54, 1.807) is 4.68 Å². The van der Waals surface area contributed by atoms with Crippen LogP contribution in [-0.2, 0) is 0 Å². The number of para-hydroxylation sites is 1. The Labute approximate surface area is 200 Å². The summed E-state index contributed by atoms with van der Waals surface area (Å²) < 4.78 is 3.83. The third-order valence-corrected chi connectivity index (χ3v) is 7.35. The molecule has 0 atom stereocenters. The van der Waals surface area contributed by atoms with Crippen LogP contribution < -0.4 is 5.56 Å². The molecule has 2 aromatic heterocycles. The van der Waals surface area contributed by atoms with Crippen molar-refractivity contribution in [2.24, 2.45) is 5.10 Å². The molecular formula is C29H32N4O. The van der Waals surface area contributed by atoms with Gasteiger partial charge in [0.25, 0.3) is 5.56 Å². The average Bonchev–Trinajstić information content (AvgIpc) is 3.13. The predicted molar refractivity (Wildman–Crippen MR) is 140 cm³/mol. The van der Waals surface area contributed by atoms with Crippen LogP contribution in [0.25, 0.3) is 16.6 Å². The SMILES string of the molecule is Cc1cccc(-n2c(C)cc(C=Nn3c(C4CCCCC4)nc4ccccc4c3=O)c2C)c1C. The van der Waals surface area contributed by atoms with Gasteiger partial charge in [-0.05, 0) is 75.9 Å². The van der Waals surface area contributed by atoms with Crippen molar-refractivity contribution >= 4 is 17.1 Å². The van der Waals surface area contributed by atoms with Crippen LogP contribution in [0.1, 0.15) is 71.9 Å². The molecule has 0 spiro atoms. The van der Waals surface area contributed by atoms with Crippen molar-refractivity contribution < 1.29 is 0 Å². The number of fused-ring (bicyclic) bond motifs is 1. The number of hydrogen-bond donors (Lipinski definition) is 0. The van der Waals surface area contributed by atoms with E-state index in [1.165, 1.54) is 36.1 Å². The Morgan fingerprint density at radius 1 is 0.971 bits per heavy atom. The van der Waals surface area contributed by atoms with Crippen molar-refractivity contribution in [2.75, 3.05) is 0 Å². The largest absolute Gasteiger partial charge is 0.318 e. The Bertz CT molecular complexity index is 1450. The molecule has 5 rings (SSSR count). The Hall–Kier alpha value is -3.47. The summed E-state index contributed by atoms with van der Waals surface area (Å²) in [6, 6.07) is 16.1. The molecule has 1 aliphatic rings. The quantitative estimate of drug-likeness (QED) is 0.339. The first-order valence-electron chi connectivity index (χ1n) is 12.3. The fourth-order valence-electron chi connectivity index (χ4n) is 5.26. The summed E-state index contributed by atoms with van der Waals surface area (Å²) in [5.41, 5.74) is 7.64. The summed E-state index contributed by atoms with van der Waals surface area (Å²) in [7, 11) is 0. The first kappa shape index (κ1) is 22.3. The predicted octanol–water partition coefficient (Wildman–Crippen LogP) is 6.35. The van der Waals surface area contributed by atoms with Crippen LogP contribution in [0, 0.1) is 27.7 Å². The lowest BCUT2D eigenvalue weighted by atomic mass is 9.88. The highest BCUT2D eigenvalue weighted by molar-refractivity contribution is 5.83. The maximum absolute atomic E-state index is 13.5. The first-order valence-corrected chi connectivity index (χ1v) is 12.3. The van der Waals surface area contributed by atoms with Gasteiger partial charge in [0.1, 0.15) is 5.82 Å². The maximum atomic E-state index is 13.5. The Balaban J connectivity index is 1.62. The highest BCUT2D eigenvalue weighted by Gasteiger charge is 2.22. The zero-order valence-corrected chi connectivity index (χ0v) is 20.5. The van der Waals surface area contributed by atoms with Crippen molar-refractivity contribution in [1.82, 2.24) is 14.2 Å². The molecule has 0 saturated heterocycles. The Kier molecular flexibility index (Phi) is 5.94. The van der Waals surface area contributed by atoms with Gasteiger partial charge in [-0.1, -0.05) is 43.5 Å². The van der Waals surface area contributed by atoms with E-state index in [2.05, 4.69) is 56.5 Å². The first-order chi connectivity index (χ1) is 16.5. The molecule has 1 aliphatic carbocycles. The number of aryl methyl sites for hydroxylation is 2. The lowest BCUT2D eigenvalue weighted by Gasteiger charge is -2.22. The van der Waals surface area contributed by atoms with Crippen molar-refractivity contribution in [3.8, 4) is 5.69 Å². The van der Waals surface area contributed by atoms with E-state index in [4.69, 9.17) is 10.1 Å². The molecule has 2 heterocycles. The van der Waals surface area contributed by atoms with Crippen LogP contribution in [0.3, 0.4) is 0 Å². The number of benzene rings is 2. The average molecular weight is 453 g/mol. The molecule has 174 valence electrons. The molecule has 4 aromatic rings. The van der Waals surface area contributed by atoms with Crippen LogP contribution in [0.4, 0.5) is 0 Å². The summed E-state index contributed by atoms with van der Waals surface area (Å²) in [6.45, 7) is 8.53. The van der Waals surface area contributed by atoms with Crippen LogP contribution in [-0.4, -0.2) is 20.4 Å². The number of aromatic nitrogens is 3. The van der Waals surface area contributed by atoms with Gasteiger partial charge in [-0.2, -0.15) is 9.78 Å². The van der Waals surface area contributed by atoms with Crippen molar-refractivity contribution in [1.29, 1.82) is 0 Å². The zero-order valence-electron chi connectivity index (χ0n) is 20.5. The normalized spacial score (nSPS) is 14.9. The topological polar surface area (TPSA) is 52.2 Å². The molecule has 0 N–H and O–H groups in total. The van der Waals surface area contributed by atoms with E-state index < -0.39 is 0 Å². The van der Waals surface area contributed by atoms with E-state index in [1.807, 2.05) is 30.5 Å². The van der Waals surface area contributed by atoms with Gasteiger partial charge in [0.2, 0.25) is 0 Å². The molecule has 0 amide bonds. The molecule has 0 aliphatic heterocycles. The molecule has 1 saturated carbocycles. The standard InChI is InChI=1S/C29H32N4O/c1-19-11-10-16-27(21(19)3)32-20(2)17-24(22(32)4)18-30-33-28(23-12-6-5-7-13-23)31-26-15-9-8-14-25(26)29(33)34/h8-11,14-18,23H,5-7,12-13H2,1-4H3. The third-order valence-electron chi connectivity index (χ3n) is 7.35. The molecule has 5 nitrogen and oxygen atoms in total. The molecular weight excluding hydrogens is 420 g/mol. The molecule has 0 unspecified atom stereocenters. The summed E-state index contributed by atoms with van der Waals surface area (Å²) in [4.78, 5) is 18.4. The minimum atomic E-state index is -0.0919. The smallest absolute Gasteiger partial charge is 0.282 e. The minimum Gasteiger partial charge on any atom is -0.318 e. The summed E-state index contributed by atoms with van der Waals surface area (Å²) in [5.74, 6) is 1.06. The second-order valence-corrected chi connectivity index (χ2v) is 9.56. The minimum absolute atomic E-state index is 0.0919. The van der Waals surface area contributed by atoms with E-state index >= 15 is 0 Å². The van der Waals surface area contributed by atoms with Crippen LogP contribution >= 0.6 is 0 Å². The molecule has 0 bridgehead atoms. The van der Waals surface area contributed by atoms with Crippen LogP contribution in [0.15, 0.2) is 58.4 Å². The number of rotatable bonds is 4. The summed E-state index contributed by atoms with van der Waals surface area (Å²) in [6.07, 6.45) is 7.54. The molecule has 34 heavy (non-hydrogen) atoms. The maximum Gasteiger partial charge on any atom is 0.282 e. The van der Waals surface area contributed by atoms with Crippen molar-refractivity contribution in [3.05, 3.63) is 92.8 Å². The second-order valence-electron chi connectivity index (χ2n) is 9.56. The zero-order chi connectivity index (χ0) is 23.8. The summed E-state index contributed by atoms with van der Waals surface area (Å²) >= 11 is 0. The molecule has 5 heteroatoms. The van der Waals surface area contributed by atoms with Gasteiger partial charge in [-0.25, -0.2) is 4.98 Å². The molecule has 2 aromatic carbocycles. The van der Waals surface area contributed by atoms with Gasteiger partial charge in [-0.15, -0.1) is 0 Å². The summed E-state index contributed by atoms with van der Waals surface area (Å²) in [5, 5.41) is 5.36. The lowest BCUT2D eigenvalue weighted by Crippen LogP contribution is -2.25. The van der Waals surface area contributed by atoms with Crippen LogP contribution in [0.2, 0.25) is 0 Å². The number of hydrogen-bond acceptors (Lipinski definition) is 3. The third kappa shape index (κ3) is 3.89. The van der Waals surface area contributed by atoms with Crippen molar-refractivity contribution in [2.45, 2.75) is 65.7 Å². The fraction of sp³-hybridized carbons (Fsp3) is 0.345. The van der Waals surface area contributed by atoms with Gasteiger partial charge in [0, 0.05) is 28.6 Å². The fourth-order valence-corrected chi connectivity index (χ4v) is 5.26. The van der Waals surface area contributed by atoms with E-state index in [9.17, 15) is 4.79 Å². The van der Waals surface area contributed by atoms with Gasteiger partial charge in [0.15, 0.2) is 0 Å². The monoisotopic (exact) mass is 452 g/mol. The Morgan fingerprint density at radius 3 is 2.53 bits per heavy atom. The molecule has 1 fully saturated rings.